The molecular formula is C26H34N2O3. The molecule has 2 aliphatic rings. The molecule has 0 radical (unpaired) electrons. The first-order valence-corrected chi connectivity index (χ1v) is 11.5. The molecule has 5 nitrogen and oxygen atoms in total. The lowest BCUT2D eigenvalue weighted by atomic mass is 9.81. The number of nitrogens with zero attached hydrogens (tertiary/aromatic N) is 1. The van der Waals surface area contributed by atoms with Gasteiger partial charge < -0.3 is 15.2 Å². The average Bonchev–Trinajstić information content (AvgIpc) is 2.80. The standard InChI is InChI=1S/C26H34N2O3/c1-31-24-9-10-25-21(15-24)3-2-4-22(25)16-26(30)27-17-19-5-7-20(8-6-19)18-28-13-11-23(29)12-14-28/h5-10,15,22-23,29H,2-4,11-14,16-18H2,1H3,(H,27,30). The van der Waals surface area contributed by atoms with Crippen molar-refractivity contribution >= 4 is 5.91 Å². The van der Waals surface area contributed by atoms with E-state index in [1.54, 1.807) is 7.11 Å². The summed E-state index contributed by atoms with van der Waals surface area (Å²) in [4.78, 5) is 15.0. The van der Waals surface area contributed by atoms with Crippen molar-refractivity contribution in [2.45, 2.75) is 63.6 Å². The molecule has 166 valence electrons. The molecule has 1 fully saturated rings. The molecule has 1 atom stereocenters. The van der Waals surface area contributed by atoms with E-state index >= 15 is 0 Å². The minimum absolute atomic E-state index is 0.115. The summed E-state index contributed by atoms with van der Waals surface area (Å²) in [7, 11) is 1.70. The number of aryl methyl sites for hydroxylation is 1. The first-order valence-electron chi connectivity index (χ1n) is 11.5. The van der Waals surface area contributed by atoms with Crippen LogP contribution in [0.25, 0.3) is 0 Å². The summed E-state index contributed by atoms with van der Waals surface area (Å²) < 4.78 is 5.35. The van der Waals surface area contributed by atoms with Crippen LogP contribution in [0.1, 0.15) is 60.3 Å². The lowest BCUT2D eigenvalue weighted by Crippen LogP contribution is -2.35. The zero-order valence-corrected chi connectivity index (χ0v) is 18.5. The van der Waals surface area contributed by atoms with Gasteiger partial charge in [-0.25, -0.2) is 0 Å². The molecule has 0 aromatic heterocycles. The Labute approximate surface area is 185 Å². The van der Waals surface area contributed by atoms with Gasteiger partial charge in [0.15, 0.2) is 0 Å². The highest BCUT2D eigenvalue weighted by atomic mass is 16.5. The SMILES string of the molecule is COc1ccc2c(c1)CCCC2CC(=O)NCc1ccc(CN2CCC(O)CC2)cc1. The number of carbonyl (C=O) groups excluding carboxylic acids is 1. The van der Waals surface area contributed by atoms with E-state index in [-0.39, 0.29) is 12.0 Å². The summed E-state index contributed by atoms with van der Waals surface area (Å²) in [6, 6.07) is 14.8. The quantitative estimate of drug-likeness (QED) is 0.713. The summed E-state index contributed by atoms with van der Waals surface area (Å²) in [6.45, 7) is 3.40. The Bertz CT molecular complexity index is 873. The number of hydrogen-bond acceptors (Lipinski definition) is 4. The topological polar surface area (TPSA) is 61.8 Å². The molecule has 31 heavy (non-hydrogen) atoms. The van der Waals surface area contributed by atoms with E-state index in [9.17, 15) is 9.90 Å². The Morgan fingerprint density at radius 2 is 1.84 bits per heavy atom. The third-order valence-electron chi connectivity index (χ3n) is 6.70. The molecule has 0 spiro atoms. The van der Waals surface area contributed by atoms with Crippen molar-refractivity contribution in [1.29, 1.82) is 0 Å². The van der Waals surface area contributed by atoms with Crippen LogP contribution in [0.2, 0.25) is 0 Å². The van der Waals surface area contributed by atoms with E-state index in [1.165, 1.54) is 16.7 Å². The lowest BCUT2D eigenvalue weighted by molar-refractivity contribution is -0.121. The number of benzene rings is 2. The Morgan fingerprint density at radius 3 is 2.58 bits per heavy atom. The molecule has 2 aromatic rings. The van der Waals surface area contributed by atoms with Gasteiger partial charge in [-0.15, -0.1) is 0 Å². The van der Waals surface area contributed by atoms with Crippen molar-refractivity contribution in [2.75, 3.05) is 20.2 Å². The van der Waals surface area contributed by atoms with E-state index < -0.39 is 0 Å². The lowest BCUT2D eigenvalue weighted by Gasteiger charge is -2.29. The van der Waals surface area contributed by atoms with Gasteiger partial charge in [0.05, 0.1) is 13.2 Å². The van der Waals surface area contributed by atoms with Crippen LogP contribution in [0.3, 0.4) is 0 Å². The van der Waals surface area contributed by atoms with Crippen LogP contribution in [0.4, 0.5) is 0 Å². The molecule has 0 bridgehead atoms. The average molecular weight is 423 g/mol. The second-order valence-electron chi connectivity index (χ2n) is 8.96. The van der Waals surface area contributed by atoms with Crippen LogP contribution in [0.5, 0.6) is 5.75 Å². The van der Waals surface area contributed by atoms with Gasteiger partial charge in [-0.05, 0) is 72.4 Å². The maximum absolute atomic E-state index is 12.6. The van der Waals surface area contributed by atoms with Crippen molar-refractivity contribution in [3.05, 3.63) is 64.7 Å². The number of nitrogens with one attached hydrogen (secondary N) is 1. The van der Waals surface area contributed by atoms with Crippen LogP contribution in [0.15, 0.2) is 42.5 Å². The van der Waals surface area contributed by atoms with Gasteiger partial charge >= 0.3 is 0 Å². The number of aliphatic hydroxyl groups excluding tert-OH is 1. The highest BCUT2D eigenvalue weighted by Crippen LogP contribution is 2.35. The Morgan fingerprint density at radius 1 is 1.10 bits per heavy atom. The number of piperidine rings is 1. The zero-order chi connectivity index (χ0) is 21.6. The molecule has 0 saturated carbocycles. The summed E-state index contributed by atoms with van der Waals surface area (Å²) in [5.41, 5.74) is 5.03. The predicted octanol–water partition coefficient (Wildman–Crippen LogP) is 3.78. The number of amides is 1. The summed E-state index contributed by atoms with van der Waals surface area (Å²) in [5.74, 6) is 1.30. The molecule has 5 heteroatoms. The fourth-order valence-electron chi connectivity index (χ4n) is 4.83. The van der Waals surface area contributed by atoms with Crippen LogP contribution < -0.4 is 10.1 Å². The Balaban J connectivity index is 1.26. The summed E-state index contributed by atoms with van der Waals surface area (Å²) in [5, 5.41) is 12.7. The van der Waals surface area contributed by atoms with Gasteiger partial charge in [-0.3, -0.25) is 9.69 Å². The minimum atomic E-state index is -0.132. The van der Waals surface area contributed by atoms with Gasteiger partial charge in [-0.1, -0.05) is 30.3 Å². The minimum Gasteiger partial charge on any atom is -0.497 e. The van der Waals surface area contributed by atoms with Crippen LogP contribution >= 0.6 is 0 Å². The second kappa shape index (κ2) is 10.3. The van der Waals surface area contributed by atoms with Crippen molar-refractivity contribution in [3.63, 3.8) is 0 Å². The molecule has 2 aromatic carbocycles. The number of hydrogen-bond donors (Lipinski definition) is 2. The Kier molecular flexibility index (Phi) is 7.25. The third-order valence-corrected chi connectivity index (χ3v) is 6.70. The predicted molar refractivity (Wildman–Crippen MR) is 122 cm³/mol. The van der Waals surface area contributed by atoms with E-state index in [0.717, 1.165) is 63.1 Å². The largest absolute Gasteiger partial charge is 0.497 e. The normalized spacial score (nSPS) is 19.6. The zero-order valence-electron chi connectivity index (χ0n) is 18.5. The van der Waals surface area contributed by atoms with E-state index in [0.29, 0.717) is 18.9 Å². The number of fused-ring (bicyclic) bond motifs is 1. The third kappa shape index (κ3) is 5.86. The summed E-state index contributed by atoms with van der Waals surface area (Å²) in [6.07, 6.45) is 5.39. The smallest absolute Gasteiger partial charge is 0.220 e. The van der Waals surface area contributed by atoms with Crippen molar-refractivity contribution in [1.82, 2.24) is 10.2 Å². The molecule has 4 rings (SSSR count). The van der Waals surface area contributed by atoms with Gasteiger partial charge in [0.25, 0.3) is 0 Å². The van der Waals surface area contributed by atoms with Crippen LogP contribution in [0, 0.1) is 0 Å². The first kappa shape index (κ1) is 21.8. The van der Waals surface area contributed by atoms with E-state index in [2.05, 4.69) is 46.6 Å². The number of ether oxygens (including phenoxy) is 1. The molecule has 1 aliphatic heterocycles. The van der Waals surface area contributed by atoms with Gasteiger partial charge in [0.2, 0.25) is 5.91 Å². The molecule has 1 aliphatic carbocycles. The molecule has 1 heterocycles. The number of aliphatic hydroxyl groups is 1. The number of likely N-dealkylation sites (tertiary alicyclic amines) is 1. The Hall–Kier alpha value is -2.37. The van der Waals surface area contributed by atoms with Gasteiger partial charge in [0.1, 0.15) is 5.75 Å². The van der Waals surface area contributed by atoms with Gasteiger partial charge in [-0.2, -0.15) is 0 Å². The summed E-state index contributed by atoms with van der Waals surface area (Å²) >= 11 is 0. The molecule has 1 amide bonds. The number of rotatable bonds is 7. The number of methoxy groups -OCH3 is 1. The highest BCUT2D eigenvalue weighted by molar-refractivity contribution is 5.77. The first-order chi connectivity index (χ1) is 15.1. The van der Waals surface area contributed by atoms with Gasteiger partial charge in [0, 0.05) is 32.6 Å². The van der Waals surface area contributed by atoms with Crippen LogP contribution in [-0.2, 0) is 24.3 Å². The van der Waals surface area contributed by atoms with Crippen LogP contribution in [-0.4, -0.2) is 42.2 Å². The molecule has 1 unspecified atom stereocenters. The second-order valence-corrected chi connectivity index (χ2v) is 8.96. The van der Waals surface area contributed by atoms with E-state index in [4.69, 9.17) is 4.74 Å². The molecule has 1 saturated heterocycles. The highest BCUT2D eigenvalue weighted by Gasteiger charge is 2.23. The maximum atomic E-state index is 12.6. The van der Waals surface area contributed by atoms with Crippen molar-refractivity contribution in [2.24, 2.45) is 0 Å². The molecular weight excluding hydrogens is 388 g/mol. The van der Waals surface area contributed by atoms with E-state index in [1.807, 2.05) is 6.07 Å². The monoisotopic (exact) mass is 422 g/mol. The number of carbonyl (C=O) groups is 1. The maximum Gasteiger partial charge on any atom is 0.220 e. The fraction of sp³-hybridized carbons (Fsp3) is 0.500. The van der Waals surface area contributed by atoms with Crippen molar-refractivity contribution < 1.29 is 14.6 Å². The molecule has 2 N–H and O–H groups in total. The van der Waals surface area contributed by atoms with Crippen molar-refractivity contribution in [3.8, 4) is 5.75 Å². The fourth-order valence-corrected chi connectivity index (χ4v) is 4.83.